The highest BCUT2D eigenvalue weighted by molar-refractivity contribution is 4.82. The monoisotopic (exact) mass is 256 g/mol. The van der Waals surface area contributed by atoms with E-state index in [9.17, 15) is 5.11 Å². The molecule has 18 heavy (non-hydrogen) atoms. The fourth-order valence-corrected chi connectivity index (χ4v) is 2.90. The molecule has 0 aliphatic heterocycles. The van der Waals surface area contributed by atoms with Crippen LogP contribution in [0.3, 0.4) is 0 Å². The summed E-state index contributed by atoms with van der Waals surface area (Å²) >= 11 is 0. The molecule has 2 nitrogen and oxygen atoms in total. The van der Waals surface area contributed by atoms with Crippen molar-refractivity contribution in [3.8, 4) is 0 Å². The van der Waals surface area contributed by atoms with Crippen LogP contribution in [-0.4, -0.2) is 23.9 Å². The van der Waals surface area contributed by atoms with Crippen molar-refractivity contribution >= 4 is 0 Å². The highest BCUT2D eigenvalue weighted by Gasteiger charge is 2.30. The first-order valence-corrected chi connectivity index (χ1v) is 8.05. The Morgan fingerprint density at radius 2 is 1.72 bits per heavy atom. The summed E-state index contributed by atoms with van der Waals surface area (Å²) in [6.45, 7) is 5.14. The number of ether oxygens (including phenoxy) is 1. The van der Waals surface area contributed by atoms with Crippen molar-refractivity contribution in [2.45, 2.75) is 90.3 Å². The van der Waals surface area contributed by atoms with Crippen molar-refractivity contribution < 1.29 is 9.84 Å². The molecular formula is C16H32O2. The molecule has 1 unspecified atom stereocenters. The maximum Gasteiger partial charge on any atom is 0.0580 e. The molecule has 0 aromatic heterocycles. The van der Waals surface area contributed by atoms with E-state index in [1.807, 2.05) is 0 Å². The Kier molecular flexibility index (Phi) is 8.70. The van der Waals surface area contributed by atoms with Gasteiger partial charge in [0, 0.05) is 6.61 Å². The summed E-state index contributed by atoms with van der Waals surface area (Å²) in [6, 6.07) is 0. The van der Waals surface area contributed by atoms with Gasteiger partial charge in [-0.3, -0.25) is 0 Å². The Bertz CT molecular complexity index is 188. The van der Waals surface area contributed by atoms with Gasteiger partial charge in [-0.05, 0) is 38.5 Å². The number of rotatable bonds is 11. The van der Waals surface area contributed by atoms with Gasteiger partial charge in [-0.1, -0.05) is 45.4 Å². The van der Waals surface area contributed by atoms with Gasteiger partial charge in [-0.2, -0.15) is 0 Å². The van der Waals surface area contributed by atoms with Gasteiger partial charge in [-0.25, -0.2) is 0 Å². The Labute approximate surface area is 113 Å². The molecule has 0 spiro atoms. The van der Waals surface area contributed by atoms with Gasteiger partial charge < -0.3 is 9.84 Å². The highest BCUT2D eigenvalue weighted by atomic mass is 16.5. The van der Waals surface area contributed by atoms with E-state index in [0.29, 0.717) is 6.10 Å². The molecule has 1 N–H and O–H groups in total. The summed E-state index contributed by atoms with van der Waals surface area (Å²) in [5.74, 6) is 0.719. The fraction of sp³-hybridized carbons (Fsp3) is 1.00. The zero-order chi connectivity index (χ0) is 13.2. The van der Waals surface area contributed by atoms with Gasteiger partial charge in [0.25, 0.3) is 0 Å². The first-order chi connectivity index (χ1) is 8.76. The van der Waals surface area contributed by atoms with E-state index in [1.54, 1.807) is 0 Å². The van der Waals surface area contributed by atoms with E-state index in [-0.39, 0.29) is 6.10 Å². The van der Waals surface area contributed by atoms with E-state index in [1.165, 1.54) is 51.4 Å². The highest BCUT2D eigenvalue weighted by Crippen LogP contribution is 2.34. The molecule has 0 aromatic carbocycles. The Balaban J connectivity index is 1.87. The van der Waals surface area contributed by atoms with Gasteiger partial charge in [-0.15, -0.1) is 0 Å². The quantitative estimate of drug-likeness (QED) is 0.558. The number of unbranched alkanes of at least 4 members (excludes halogenated alkanes) is 5. The second kappa shape index (κ2) is 9.80. The van der Waals surface area contributed by atoms with Crippen molar-refractivity contribution in [1.82, 2.24) is 0 Å². The van der Waals surface area contributed by atoms with Crippen LogP contribution < -0.4 is 0 Å². The van der Waals surface area contributed by atoms with Gasteiger partial charge in [0.1, 0.15) is 0 Å². The maximum absolute atomic E-state index is 9.96. The molecule has 0 heterocycles. The fourth-order valence-electron chi connectivity index (χ4n) is 2.90. The molecule has 0 bridgehead atoms. The molecule has 1 aliphatic rings. The third-order valence-corrected chi connectivity index (χ3v) is 4.09. The van der Waals surface area contributed by atoms with Crippen molar-refractivity contribution in [1.29, 1.82) is 0 Å². The zero-order valence-corrected chi connectivity index (χ0v) is 12.4. The van der Waals surface area contributed by atoms with Gasteiger partial charge in [0.15, 0.2) is 0 Å². The minimum Gasteiger partial charge on any atom is -0.393 e. The third kappa shape index (κ3) is 6.75. The summed E-state index contributed by atoms with van der Waals surface area (Å²) in [4.78, 5) is 0. The summed E-state index contributed by atoms with van der Waals surface area (Å²) in [7, 11) is 0. The lowest BCUT2D eigenvalue weighted by Crippen LogP contribution is -2.33. The van der Waals surface area contributed by atoms with E-state index < -0.39 is 0 Å². The molecule has 0 amide bonds. The van der Waals surface area contributed by atoms with Crippen molar-refractivity contribution in [3.05, 3.63) is 0 Å². The maximum atomic E-state index is 9.96. The molecule has 1 saturated carbocycles. The second-order valence-corrected chi connectivity index (χ2v) is 5.86. The summed E-state index contributed by atoms with van der Waals surface area (Å²) in [6.07, 6.45) is 12.6. The van der Waals surface area contributed by atoms with E-state index >= 15 is 0 Å². The molecule has 108 valence electrons. The number of aliphatic hydroxyl groups is 1. The molecule has 1 aliphatic carbocycles. The largest absolute Gasteiger partial charge is 0.393 e. The normalized spacial score (nSPS) is 24.8. The van der Waals surface area contributed by atoms with Gasteiger partial charge in [0.05, 0.1) is 12.2 Å². The van der Waals surface area contributed by atoms with E-state index in [0.717, 1.165) is 25.4 Å². The summed E-state index contributed by atoms with van der Waals surface area (Å²) in [5, 5.41) is 9.96. The second-order valence-electron chi connectivity index (χ2n) is 5.86. The minimum atomic E-state index is -0.0660. The van der Waals surface area contributed by atoms with Gasteiger partial charge >= 0.3 is 0 Å². The van der Waals surface area contributed by atoms with Crippen LogP contribution in [0, 0.1) is 5.92 Å². The average molecular weight is 256 g/mol. The lowest BCUT2D eigenvalue weighted by Gasteiger charge is -2.36. The molecule has 0 saturated heterocycles. The van der Waals surface area contributed by atoms with Crippen molar-refractivity contribution in [3.63, 3.8) is 0 Å². The topological polar surface area (TPSA) is 29.5 Å². The van der Waals surface area contributed by atoms with Crippen LogP contribution in [0.5, 0.6) is 0 Å². The number of hydrogen-bond acceptors (Lipinski definition) is 2. The Morgan fingerprint density at radius 1 is 1.06 bits per heavy atom. The first-order valence-electron chi connectivity index (χ1n) is 8.05. The number of hydrogen-bond donors (Lipinski definition) is 1. The molecule has 1 rings (SSSR count). The summed E-state index contributed by atoms with van der Waals surface area (Å²) < 4.78 is 5.54. The van der Waals surface area contributed by atoms with Crippen LogP contribution in [0.1, 0.15) is 78.1 Å². The summed E-state index contributed by atoms with van der Waals surface area (Å²) in [5.41, 5.74) is 0. The van der Waals surface area contributed by atoms with Gasteiger partial charge in [0.2, 0.25) is 0 Å². The minimum absolute atomic E-state index is 0.0660. The predicted octanol–water partition coefficient (Wildman–Crippen LogP) is 4.30. The zero-order valence-electron chi connectivity index (χ0n) is 12.4. The Hall–Kier alpha value is -0.0800. The molecule has 0 aromatic rings. The van der Waals surface area contributed by atoms with Crippen LogP contribution in [0.4, 0.5) is 0 Å². The lowest BCUT2D eigenvalue weighted by atomic mass is 9.78. The van der Waals surface area contributed by atoms with E-state index in [2.05, 4.69) is 13.8 Å². The van der Waals surface area contributed by atoms with Crippen LogP contribution in [0.25, 0.3) is 0 Å². The standard InChI is InChI=1S/C16H32O2/c1-3-5-6-7-8-9-10-15(17)11-14-12-16(13-14)18-4-2/h14-17H,3-13H2,1-2H3. The first kappa shape index (κ1) is 16.0. The van der Waals surface area contributed by atoms with Crippen LogP contribution in [0.2, 0.25) is 0 Å². The predicted molar refractivity (Wildman–Crippen MR) is 76.8 cm³/mol. The molecular weight excluding hydrogens is 224 g/mol. The Morgan fingerprint density at radius 3 is 2.39 bits per heavy atom. The third-order valence-electron chi connectivity index (χ3n) is 4.09. The van der Waals surface area contributed by atoms with Crippen molar-refractivity contribution in [2.75, 3.05) is 6.61 Å². The molecule has 1 fully saturated rings. The SMILES string of the molecule is CCCCCCCCC(O)CC1CC(OCC)C1. The molecule has 1 atom stereocenters. The van der Waals surface area contributed by atoms with Crippen molar-refractivity contribution in [2.24, 2.45) is 5.92 Å². The lowest BCUT2D eigenvalue weighted by molar-refractivity contribution is -0.0384. The van der Waals surface area contributed by atoms with Crippen LogP contribution >= 0.6 is 0 Å². The molecule has 2 heteroatoms. The van der Waals surface area contributed by atoms with Crippen LogP contribution in [0.15, 0.2) is 0 Å². The number of aliphatic hydroxyl groups excluding tert-OH is 1. The van der Waals surface area contributed by atoms with Crippen LogP contribution in [-0.2, 0) is 4.74 Å². The molecule has 0 radical (unpaired) electrons. The average Bonchev–Trinajstić information content (AvgIpc) is 2.31. The van der Waals surface area contributed by atoms with E-state index in [4.69, 9.17) is 4.74 Å². The smallest absolute Gasteiger partial charge is 0.0580 e.